The van der Waals surface area contributed by atoms with Crippen LogP contribution in [0.3, 0.4) is 0 Å². The number of aromatic hydroxyl groups is 2. The van der Waals surface area contributed by atoms with Crippen LogP contribution in [0.4, 0.5) is 0 Å². The molecular formula is C19H12Cl4O5S. The van der Waals surface area contributed by atoms with Crippen LogP contribution in [0.25, 0.3) is 0 Å². The normalized spacial score (nSPS) is 13.8. The summed E-state index contributed by atoms with van der Waals surface area (Å²) in [6.45, 7) is 0. The number of rotatable bonds is 4. The Hall–Kier alpha value is -1.67. The van der Waals surface area contributed by atoms with Gasteiger partial charge in [-0.3, -0.25) is 4.55 Å². The number of hydrogen-bond acceptors (Lipinski definition) is 4. The molecule has 0 aliphatic carbocycles. The minimum absolute atomic E-state index is 0.0453. The number of phenolic OH excluding ortho intramolecular Hbond substituents is 2. The Kier molecular flexibility index (Phi) is 5.98. The van der Waals surface area contributed by atoms with Gasteiger partial charge in [-0.25, -0.2) is 0 Å². The molecule has 0 heterocycles. The van der Waals surface area contributed by atoms with Crippen molar-refractivity contribution in [3.8, 4) is 11.5 Å². The summed E-state index contributed by atoms with van der Waals surface area (Å²) in [6.07, 6.45) is 0. The Balaban J connectivity index is 2.66. The second-order valence-electron chi connectivity index (χ2n) is 6.08. The first-order chi connectivity index (χ1) is 13.5. The topological polar surface area (TPSA) is 94.8 Å². The molecule has 29 heavy (non-hydrogen) atoms. The number of hydrogen-bond donors (Lipinski definition) is 3. The lowest BCUT2D eigenvalue weighted by Gasteiger charge is -2.34. The van der Waals surface area contributed by atoms with Crippen molar-refractivity contribution in [1.29, 1.82) is 0 Å². The van der Waals surface area contributed by atoms with Gasteiger partial charge in [0.25, 0.3) is 10.1 Å². The van der Waals surface area contributed by atoms with Crippen molar-refractivity contribution in [3.05, 3.63) is 91.4 Å². The second-order valence-corrected chi connectivity index (χ2v) is 9.28. The first-order valence-electron chi connectivity index (χ1n) is 7.89. The lowest BCUT2D eigenvalue weighted by molar-refractivity contribution is 0.434. The van der Waals surface area contributed by atoms with E-state index < -0.39 is 20.6 Å². The molecule has 5 nitrogen and oxygen atoms in total. The highest BCUT2D eigenvalue weighted by Gasteiger charge is 2.52. The van der Waals surface area contributed by atoms with Crippen LogP contribution < -0.4 is 0 Å². The minimum atomic E-state index is -5.14. The van der Waals surface area contributed by atoms with Crippen LogP contribution in [0.15, 0.2) is 54.6 Å². The molecule has 1 atom stereocenters. The van der Waals surface area contributed by atoms with Gasteiger partial charge in [-0.05, 0) is 36.4 Å². The van der Waals surface area contributed by atoms with E-state index in [2.05, 4.69) is 0 Å². The van der Waals surface area contributed by atoms with E-state index in [1.54, 1.807) is 6.07 Å². The molecule has 0 radical (unpaired) electrons. The van der Waals surface area contributed by atoms with Gasteiger partial charge in [0, 0.05) is 26.7 Å². The fourth-order valence-electron chi connectivity index (χ4n) is 3.20. The first kappa shape index (κ1) is 22.0. The predicted octanol–water partition coefficient (Wildman–Crippen LogP) is 5.89. The molecule has 0 aliphatic rings. The highest BCUT2D eigenvalue weighted by Crippen LogP contribution is 2.52. The molecule has 0 aromatic heterocycles. The van der Waals surface area contributed by atoms with Gasteiger partial charge < -0.3 is 10.2 Å². The summed E-state index contributed by atoms with van der Waals surface area (Å²) >= 11 is 24.7. The lowest BCUT2D eigenvalue weighted by Crippen LogP contribution is -2.39. The minimum Gasteiger partial charge on any atom is -0.508 e. The largest absolute Gasteiger partial charge is 0.508 e. The van der Waals surface area contributed by atoms with E-state index in [-0.39, 0.29) is 42.5 Å². The summed E-state index contributed by atoms with van der Waals surface area (Å²) in [7, 11) is -5.14. The summed E-state index contributed by atoms with van der Waals surface area (Å²) in [4.78, 5) is 0. The Morgan fingerprint density at radius 1 is 0.690 bits per heavy atom. The van der Waals surface area contributed by atoms with Crippen LogP contribution in [-0.2, 0) is 14.9 Å². The monoisotopic (exact) mass is 492 g/mol. The number of halogens is 4. The molecule has 3 N–H and O–H groups in total. The molecule has 0 aliphatic heterocycles. The van der Waals surface area contributed by atoms with E-state index >= 15 is 0 Å². The Labute approximate surface area is 186 Å². The third-order valence-corrected chi connectivity index (χ3v) is 7.19. The highest BCUT2D eigenvalue weighted by molar-refractivity contribution is 7.87. The van der Waals surface area contributed by atoms with Crippen molar-refractivity contribution < 1.29 is 23.2 Å². The molecule has 0 saturated heterocycles. The van der Waals surface area contributed by atoms with Crippen molar-refractivity contribution in [3.63, 3.8) is 0 Å². The summed E-state index contributed by atoms with van der Waals surface area (Å²) in [5, 5.41) is 20.3. The molecule has 0 amide bonds. The average molecular weight is 494 g/mol. The molecule has 0 fully saturated rings. The Bertz CT molecular complexity index is 1210. The van der Waals surface area contributed by atoms with Crippen molar-refractivity contribution in [2.45, 2.75) is 4.75 Å². The van der Waals surface area contributed by atoms with Gasteiger partial charge in [-0.15, -0.1) is 0 Å². The second kappa shape index (κ2) is 7.87. The molecule has 10 heteroatoms. The first-order valence-corrected chi connectivity index (χ1v) is 10.8. The van der Waals surface area contributed by atoms with E-state index in [0.717, 1.165) is 24.3 Å². The molecule has 0 saturated carbocycles. The van der Waals surface area contributed by atoms with Gasteiger partial charge in [0.05, 0.1) is 10.0 Å². The molecular weight excluding hydrogens is 482 g/mol. The van der Waals surface area contributed by atoms with Gasteiger partial charge in [0.15, 0.2) is 4.75 Å². The molecule has 3 rings (SSSR count). The molecule has 3 aromatic carbocycles. The molecule has 3 aromatic rings. The zero-order valence-corrected chi connectivity index (χ0v) is 18.1. The maximum Gasteiger partial charge on any atom is 0.283 e. The summed E-state index contributed by atoms with van der Waals surface area (Å²) < 4.78 is 33.9. The predicted molar refractivity (Wildman–Crippen MR) is 114 cm³/mol. The van der Waals surface area contributed by atoms with Crippen LogP contribution in [-0.4, -0.2) is 23.2 Å². The van der Waals surface area contributed by atoms with Crippen molar-refractivity contribution >= 4 is 56.5 Å². The van der Waals surface area contributed by atoms with E-state index in [1.807, 2.05) is 0 Å². The fraction of sp³-hybridized carbons (Fsp3) is 0.0526. The maximum atomic E-state index is 13.0. The van der Waals surface area contributed by atoms with Gasteiger partial charge in [0.2, 0.25) is 0 Å². The molecule has 0 spiro atoms. The van der Waals surface area contributed by atoms with E-state index in [1.165, 1.54) is 24.3 Å². The summed E-state index contributed by atoms with van der Waals surface area (Å²) in [6, 6.07) is 11.4. The van der Waals surface area contributed by atoms with E-state index in [0.29, 0.717) is 0 Å². The average Bonchev–Trinajstić information content (AvgIpc) is 2.63. The van der Waals surface area contributed by atoms with Crippen molar-refractivity contribution in [2.24, 2.45) is 0 Å². The molecule has 0 bridgehead atoms. The maximum absolute atomic E-state index is 13.0. The van der Waals surface area contributed by atoms with Crippen LogP contribution in [0.1, 0.15) is 16.7 Å². The molecule has 152 valence electrons. The third kappa shape index (κ3) is 3.65. The number of phenols is 2. The van der Waals surface area contributed by atoms with Crippen molar-refractivity contribution in [1.82, 2.24) is 0 Å². The molecule has 1 unspecified atom stereocenters. The van der Waals surface area contributed by atoms with Gasteiger partial charge in [0.1, 0.15) is 11.5 Å². The zero-order valence-electron chi connectivity index (χ0n) is 14.3. The summed E-state index contributed by atoms with van der Waals surface area (Å²) in [5.41, 5.74) is -0.719. The SMILES string of the molecule is O=S(=O)(O)C(c1cc(O)ccc1O)(c1ccccc1Cl)c1cc(Cl)c(Cl)cc1Cl. The quantitative estimate of drug-likeness (QED) is 0.182. The van der Waals surface area contributed by atoms with Crippen LogP contribution in [0, 0.1) is 0 Å². The highest BCUT2D eigenvalue weighted by atomic mass is 35.5. The van der Waals surface area contributed by atoms with Gasteiger partial charge in [-0.2, -0.15) is 8.42 Å². The van der Waals surface area contributed by atoms with Gasteiger partial charge >= 0.3 is 0 Å². The number of benzene rings is 3. The third-order valence-electron chi connectivity index (χ3n) is 4.39. The summed E-state index contributed by atoms with van der Waals surface area (Å²) in [5.74, 6) is -0.906. The zero-order chi connectivity index (χ0) is 21.6. The van der Waals surface area contributed by atoms with Crippen LogP contribution in [0.5, 0.6) is 11.5 Å². The van der Waals surface area contributed by atoms with E-state index in [4.69, 9.17) is 46.4 Å². The standard InChI is InChI=1S/C19H12Cl4O5S/c20-14-4-2-1-3-11(14)19(29(26,27)28,13-7-10(24)5-6-18(13)25)12-8-16(22)17(23)9-15(12)21/h1-9,24-25H,(H,26,27,28). The van der Waals surface area contributed by atoms with E-state index in [9.17, 15) is 23.2 Å². The van der Waals surface area contributed by atoms with Gasteiger partial charge in [-0.1, -0.05) is 64.6 Å². The Morgan fingerprint density at radius 3 is 1.93 bits per heavy atom. The van der Waals surface area contributed by atoms with Crippen LogP contribution >= 0.6 is 46.4 Å². The van der Waals surface area contributed by atoms with Crippen molar-refractivity contribution in [2.75, 3.05) is 0 Å². The van der Waals surface area contributed by atoms with Crippen LogP contribution in [0.2, 0.25) is 20.1 Å². The lowest BCUT2D eigenvalue weighted by atomic mass is 9.83. The Morgan fingerprint density at radius 2 is 1.31 bits per heavy atom. The smallest absolute Gasteiger partial charge is 0.283 e. The fourth-order valence-corrected chi connectivity index (χ4v) is 5.62.